The highest BCUT2D eigenvalue weighted by Crippen LogP contribution is 2.33. The minimum atomic E-state index is 0.143. The lowest BCUT2D eigenvalue weighted by molar-refractivity contribution is -0.117. The average Bonchev–Trinajstić information content (AvgIpc) is 2.65. The molecule has 1 aliphatic heterocycles. The van der Waals surface area contributed by atoms with E-state index in [0.717, 1.165) is 32.3 Å². The van der Waals surface area contributed by atoms with E-state index in [-0.39, 0.29) is 5.91 Å². The van der Waals surface area contributed by atoms with Gasteiger partial charge in [0.05, 0.1) is 10.2 Å². The number of aromatic nitrogens is 1. The molecule has 2 rings (SSSR count). The topological polar surface area (TPSA) is 33.2 Å². The minimum Gasteiger partial charge on any atom is -0.296 e. The van der Waals surface area contributed by atoms with Gasteiger partial charge in [-0.1, -0.05) is 15.9 Å². The van der Waals surface area contributed by atoms with E-state index in [9.17, 15) is 4.79 Å². The Morgan fingerprint density at radius 1 is 1.47 bits per heavy atom. The third-order valence-corrected chi connectivity index (χ3v) is 5.07. The van der Waals surface area contributed by atoms with Crippen molar-refractivity contribution in [2.24, 2.45) is 5.92 Å². The van der Waals surface area contributed by atoms with E-state index >= 15 is 0 Å². The Hall–Kier alpha value is 0.0600. The van der Waals surface area contributed by atoms with Crippen LogP contribution in [0.4, 0.5) is 5.82 Å². The smallest absolute Gasteiger partial charge is 0.228 e. The Kier molecular flexibility index (Phi) is 4.26. The molecule has 0 aromatic carbocycles. The highest BCUT2D eigenvalue weighted by molar-refractivity contribution is 9.11. The van der Waals surface area contributed by atoms with E-state index in [1.807, 2.05) is 13.0 Å². The molecule has 0 spiro atoms. The molecule has 3 nitrogen and oxygen atoms in total. The number of hydrogen-bond acceptors (Lipinski definition) is 2. The zero-order valence-corrected chi connectivity index (χ0v) is 14.0. The van der Waals surface area contributed by atoms with Crippen LogP contribution in [0.3, 0.4) is 0 Å². The zero-order chi connectivity index (χ0) is 12.6. The van der Waals surface area contributed by atoms with Crippen LogP contribution >= 0.6 is 47.8 Å². The van der Waals surface area contributed by atoms with Crippen LogP contribution in [-0.2, 0) is 4.79 Å². The van der Waals surface area contributed by atoms with Gasteiger partial charge < -0.3 is 0 Å². The van der Waals surface area contributed by atoms with Crippen LogP contribution in [0.5, 0.6) is 0 Å². The maximum Gasteiger partial charge on any atom is 0.228 e. The fourth-order valence-corrected chi connectivity index (χ4v) is 3.41. The van der Waals surface area contributed by atoms with Gasteiger partial charge in [-0.15, -0.1) is 0 Å². The van der Waals surface area contributed by atoms with E-state index in [2.05, 4.69) is 52.8 Å². The number of anilines is 1. The van der Waals surface area contributed by atoms with Gasteiger partial charge in [0.2, 0.25) is 5.91 Å². The second-order valence-electron chi connectivity index (χ2n) is 4.09. The molecular formula is C11H11Br3N2O. The Morgan fingerprint density at radius 2 is 2.18 bits per heavy atom. The van der Waals surface area contributed by atoms with Gasteiger partial charge in [0, 0.05) is 22.8 Å². The van der Waals surface area contributed by atoms with E-state index in [4.69, 9.17) is 0 Å². The minimum absolute atomic E-state index is 0.143. The Labute approximate surface area is 125 Å². The molecule has 0 saturated carbocycles. The summed E-state index contributed by atoms with van der Waals surface area (Å²) >= 11 is 10.3. The van der Waals surface area contributed by atoms with Crippen LogP contribution in [0.15, 0.2) is 15.0 Å². The molecule has 1 aliphatic rings. The van der Waals surface area contributed by atoms with Crippen molar-refractivity contribution in [2.45, 2.75) is 13.3 Å². The second kappa shape index (κ2) is 5.36. The van der Waals surface area contributed by atoms with Crippen molar-refractivity contribution in [3.63, 3.8) is 0 Å². The molecule has 17 heavy (non-hydrogen) atoms. The van der Waals surface area contributed by atoms with E-state index < -0.39 is 0 Å². The van der Waals surface area contributed by atoms with Gasteiger partial charge in [0.25, 0.3) is 0 Å². The van der Waals surface area contributed by atoms with Gasteiger partial charge in [-0.3, -0.25) is 9.69 Å². The summed E-state index contributed by atoms with van der Waals surface area (Å²) < 4.78 is 1.79. The van der Waals surface area contributed by atoms with Gasteiger partial charge in [0.1, 0.15) is 5.82 Å². The van der Waals surface area contributed by atoms with Crippen LogP contribution in [-0.4, -0.2) is 22.8 Å². The lowest BCUT2D eigenvalue weighted by Crippen LogP contribution is -2.26. The third-order valence-electron chi connectivity index (χ3n) is 2.77. The van der Waals surface area contributed by atoms with Crippen molar-refractivity contribution in [3.8, 4) is 0 Å². The number of carbonyl (C=O) groups excluding carboxylic acids is 1. The Morgan fingerprint density at radius 3 is 2.76 bits per heavy atom. The summed E-state index contributed by atoms with van der Waals surface area (Å²) in [6.07, 6.45) is 0.592. The lowest BCUT2D eigenvalue weighted by Gasteiger charge is -2.18. The van der Waals surface area contributed by atoms with Crippen LogP contribution in [0.1, 0.15) is 12.1 Å². The number of pyridine rings is 1. The standard InChI is InChI=1S/C11H11Br3N2O/c1-6-8(13)3-9(14)11(15-6)16-5-7(4-12)2-10(16)17/h3,7H,2,4-5H2,1H3. The molecule has 1 saturated heterocycles. The quantitative estimate of drug-likeness (QED) is 0.676. The predicted molar refractivity (Wildman–Crippen MR) is 78.6 cm³/mol. The largest absolute Gasteiger partial charge is 0.296 e. The lowest BCUT2D eigenvalue weighted by atomic mass is 10.2. The highest BCUT2D eigenvalue weighted by atomic mass is 79.9. The molecule has 2 heterocycles. The number of carbonyl (C=O) groups is 1. The van der Waals surface area contributed by atoms with Gasteiger partial charge in [0.15, 0.2) is 0 Å². The monoisotopic (exact) mass is 424 g/mol. The molecule has 0 aliphatic carbocycles. The molecule has 1 atom stereocenters. The average molecular weight is 427 g/mol. The fourth-order valence-electron chi connectivity index (χ4n) is 1.82. The maximum absolute atomic E-state index is 11.9. The SMILES string of the molecule is Cc1nc(N2CC(CBr)CC2=O)c(Br)cc1Br. The third kappa shape index (κ3) is 2.74. The van der Waals surface area contributed by atoms with Crippen LogP contribution in [0.25, 0.3) is 0 Å². The Balaban J connectivity index is 2.35. The van der Waals surface area contributed by atoms with E-state index in [1.165, 1.54) is 0 Å². The molecule has 0 radical (unpaired) electrons. The summed E-state index contributed by atoms with van der Waals surface area (Å²) in [6, 6.07) is 1.94. The predicted octanol–water partition coefficient (Wildman–Crippen LogP) is 3.66. The second-order valence-corrected chi connectivity index (χ2v) is 6.45. The number of hydrogen-bond donors (Lipinski definition) is 0. The normalized spacial score (nSPS) is 20.1. The fraction of sp³-hybridized carbons (Fsp3) is 0.455. The first-order valence-corrected chi connectivity index (χ1v) is 7.92. The molecule has 1 amide bonds. The maximum atomic E-state index is 11.9. The summed E-state index contributed by atoms with van der Waals surface area (Å²) in [4.78, 5) is 18.2. The summed E-state index contributed by atoms with van der Waals surface area (Å²) in [5.41, 5.74) is 0.887. The number of nitrogens with zero attached hydrogens (tertiary/aromatic N) is 2. The van der Waals surface area contributed by atoms with Gasteiger partial charge >= 0.3 is 0 Å². The number of alkyl halides is 1. The van der Waals surface area contributed by atoms with Crippen molar-refractivity contribution in [1.82, 2.24) is 4.98 Å². The Bertz CT molecular complexity index is 464. The number of halogens is 3. The van der Waals surface area contributed by atoms with Crippen molar-refractivity contribution in [2.75, 3.05) is 16.8 Å². The van der Waals surface area contributed by atoms with Crippen molar-refractivity contribution in [3.05, 3.63) is 20.7 Å². The first-order valence-electron chi connectivity index (χ1n) is 5.22. The van der Waals surface area contributed by atoms with Crippen LogP contribution in [0.2, 0.25) is 0 Å². The summed E-state index contributed by atoms with van der Waals surface area (Å²) in [7, 11) is 0. The number of aryl methyl sites for hydroxylation is 1. The number of amides is 1. The molecule has 1 aromatic rings. The first kappa shape index (κ1) is 13.5. The zero-order valence-electron chi connectivity index (χ0n) is 9.21. The summed E-state index contributed by atoms with van der Waals surface area (Å²) in [5.74, 6) is 1.24. The summed E-state index contributed by atoms with van der Waals surface area (Å²) in [5, 5.41) is 0.850. The summed E-state index contributed by atoms with van der Waals surface area (Å²) in [6.45, 7) is 2.65. The molecule has 0 N–H and O–H groups in total. The van der Waals surface area contributed by atoms with Gasteiger partial charge in [-0.05, 0) is 50.8 Å². The highest BCUT2D eigenvalue weighted by Gasteiger charge is 2.31. The van der Waals surface area contributed by atoms with Crippen LogP contribution in [0, 0.1) is 12.8 Å². The van der Waals surface area contributed by atoms with E-state index in [1.54, 1.807) is 4.90 Å². The molecule has 92 valence electrons. The molecule has 1 aromatic heterocycles. The first-order chi connectivity index (χ1) is 8.02. The van der Waals surface area contributed by atoms with Crippen LogP contribution < -0.4 is 4.90 Å². The molecule has 1 unspecified atom stereocenters. The molecule has 6 heteroatoms. The molecule has 1 fully saturated rings. The van der Waals surface area contributed by atoms with Gasteiger partial charge in [-0.2, -0.15) is 0 Å². The molecule has 0 bridgehead atoms. The van der Waals surface area contributed by atoms with Crippen molar-refractivity contribution < 1.29 is 4.79 Å². The number of rotatable bonds is 2. The van der Waals surface area contributed by atoms with Crippen molar-refractivity contribution in [1.29, 1.82) is 0 Å². The van der Waals surface area contributed by atoms with Crippen molar-refractivity contribution >= 4 is 59.5 Å². The van der Waals surface area contributed by atoms with E-state index in [0.29, 0.717) is 12.3 Å². The van der Waals surface area contributed by atoms with Gasteiger partial charge in [-0.25, -0.2) is 4.98 Å². The molecular weight excluding hydrogens is 416 g/mol.